The van der Waals surface area contributed by atoms with Crippen molar-refractivity contribution in [2.75, 3.05) is 0 Å². The Bertz CT molecular complexity index is 1520. The largest absolute Gasteiger partial charge is 1.00 e. The molecule has 0 N–H and O–H groups in total. The topological polar surface area (TPSA) is 36.9 Å². The van der Waals surface area contributed by atoms with Crippen LogP contribution in [0.25, 0.3) is 6.08 Å². The van der Waals surface area contributed by atoms with E-state index in [1.807, 2.05) is 62.1 Å². The van der Waals surface area contributed by atoms with E-state index in [2.05, 4.69) is 159 Å². The minimum absolute atomic E-state index is 0. The van der Waals surface area contributed by atoms with Crippen molar-refractivity contribution in [3.63, 3.8) is 0 Å². The summed E-state index contributed by atoms with van der Waals surface area (Å²) >= 11 is 5.67. The van der Waals surface area contributed by atoms with Gasteiger partial charge in [-0.3, -0.25) is 0 Å². The predicted octanol–water partition coefficient (Wildman–Crippen LogP) is 7.10. The second-order valence-corrected chi connectivity index (χ2v) is 41.9. The van der Waals surface area contributed by atoms with E-state index in [-0.39, 0.29) is 65.0 Å². The molecule has 1 aliphatic heterocycles. The Hall–Kier alpha value is -0.854. The van der Waals surface area contributed by atoms with Gasteiger partial charge in [-0.25, -0.2) is 0 Å². The summed E-state index contributed by atoms with van der Waals surface area (Å²) in [5.74, 6) is 0.590. The van der Waals surface area contributed by atoms with Crippen molar-refractivity contribution in [1.82, 2.24) is 0 Å². The Morgan fingerprint density at radius 2 is 1.00 bits per heavy atom. The van der Waals surface area contributed by atoms with Crippen molar-refractivity contribution >= 4 is 66.9 Å². The third kappa shape index (κ3) is 34.2. The summed E-state index contributed by atoms with van der Waals surface area (Å²) in [6.07, 6.45) is 6.32. The number of rotatable bonds is 13. The Labute approximate surface area is 418 Å². The maximum absolute atomic E-state index is 6.49. The monoisotopic (exact) mass is 962 g/mol. The molecular weight excluding hydrogens is 882 g/mol. The molecule has 3 aromatic rings. The minimum atomic E-state index is -2.30. The molecule has 0 saturated carbocycles. The molecule has 4 rings (SSSR count). The van der Waals surface area contributed by atoms with Crippen LogP contribution in [-0.4, -0.2) is 49.7 Å². The zero-order valence-corrected chi connectivity index (χ0v) is 46.8. The van der Waals surface area contributed by atoms with Gasteiger partial charge in [-0.1, -0.05) is 157 Å². The van der Waals surface area contributed by atoms with Gasteiger partial charge in [-0.2, -0.15) is 35.2 Å². The van der Waals surface area contributed by atoms with E-state index in [4.69, 9.17) is 27.5 Å². The van der Waals surface area contributed by atoms with E-state index in [0.717, 1.165) is 18.9 Å². The molecule has 0 spiro atoms. The molecule has 0 amide bonds. The van der Waals surface area contributed by atoms with E-state index in [9.17, 15) is 0 Å². The molecule has 0 bridgehead atoms. The molecule has 61 heavy (non-hydrogen) atoms. The predicted molar refractivity (Wildman–Crippen MR) is 279 cm³/mol. The number of hydrogen-bond donors (Lipinski definition) is 0. The van der Waals surface area contributed by atoms with Crippen LogP contribution in [0.5, 0.6) is 0 Å². The van der Waals surface area contributed by atoms with Gasteiger partial charge in [0.2, 0.25) is 8.32 Å². The summed E-state index contributed by atoms with van der Waals surface area (Å²) in [6, 6.07) is 32.4. The van der Waals surface area contributed by atoms with Crippen LogP contribution >= 0.6 is 11.1 Å². The van der Waals surface area contributed by atoms with Crippen LogP contribution in [0, 0.1) is 6.42 Å². The SMILES string of the molecule is C.C.C=C[Si](C)(CC(CC)c1ccccc1)O[Si](C)(C)C.C=C[Si]1(C)O[Si](C)(C=C)O[Si](C)(C=C)O1.C=Cc1ccccc1.CC[CH-]c1ccccc1.C[Si](C)(C)Cl.[Cl-].[Li+].[Li+]. The molecule has 2 atom stereocenters. The van der Waals surface area contributed by atoms with Gasteiger partial charge in [0, 0.05) is 0 Å². The fraction of sp³-hybridized carbons (Fsp3) is 0.383. The molecule has 1 saturated heterocycles. The average molecular weight is 964 g/mol. The molecule has 1 aliphatic rings. The van der Waals surface area contributed by atoms with Gasteiger partial charge in [-0.05, 0) is 75.3 Å². The third-order valence-corrected chi connectivity index (χ3v) is 26.4. The van der Waals surface area contributed by atoms with Crippen LogP contribution in [0.15, 0.2) is 147 Å². The molecule has 0 aromatic heterocycles. The molecule has 14 heteroatoms. The van der Waals surface area contributed by atoms with E-state index < -0.39 is 49.7 Å². The maximum atomic E-state index is 6.49. The van der Waals surface area contributed by atoms with Crippen LogP contribution < -0.4 is 50.1 Å². The molecule has 2 unspecified atom stereocenters. The fourth-order valence-corrected chi connectivity index (χ4v) is 26.7. The molecular formula is C47H82Cl2Li2O4Si6. The summed E-state index contributed by atoms with van der Waals surface area (Å²) in [7, 11) is -11.4. The number of hydrogen-bond acceptors (Lipinski definition) is 4. The van der Waals surface area contributed by atoms with Gasteiger partial charge in [0.1, 0.15) is 7.38 Å². The smallest absolute Gasteiger partial charge is 1.00 e. The first kappa shape index (κ1) is 71.8. The van der Waals surface area contributed by atoms with Crippen LogP contribution in [-0.2, 0) is 16.5 Å². The number of halogens is 2. The van der Waals surface area contributed by atoms with Gasteiger partial charge in [0.25, 0.3) is 0 Å². The molecule has 1 fully saturated rings. The first-order valence-electron chi connectivity index (χ1n) is 19.6. The molecule has 0 aliphatic carbocycles. The molecule has 3 aromatic carbocycles. The van der Waals surface area contributed by atoms with Crippen molar-refractivity contribution in [2.24, 2.45) is 0 Å². The van der Waals surface area contributed by atoms with Gasteiger partial charge in [0.05, 0.1) is 0 Å². The molecule has 1 heterocycles. The van der Waals surface area contributed by atoms with E-state index >= 15 is 0 Å². The van der Waals surface area contributed by atoms with Gasteiger partial charge in [0.15, 0.2) is 8.32 Å². The normalized spacial score (nSPS) is 19.9. The van der Waals surface area contributed by atoms with Gasteiger partial charge in [-0.15, -0.1) is 38.4 Å². The van der Waals surface area contributed by atoms with Crippen LogP contribution in [0.4, 0.5) is 0 Å². The van der Waals surface area contributed by atoms with Crippen LogP contribution in [0.2, 0.25) is 71.5 Å². The standard InChI is InChI=1S/C16H28OSi2.C9H18O3Si3.C9H11.C8H8.C3H9ClSi.2CH4.ClH.2Li/c1-7-15(16-12-10-9-11-13-16)14-19(6,8-2)17-18(3,4)5;1-7-13(4)10-14(5,8-2)12-15(6,9-3)11-13;1-2-6-9-7-4-3-5-8-9;1-2-8-6-4-3-5-7-8;1-5(2,3)4;;;;;/h8-13,15H,2,7,14H2,1,3-6H3;7-9H,1-3H2,4-6H3;3-8H,2H2,1H3;2-7H,1H2;1-3H3;2*1H4;1H;;/q;;-1;;;;;;2*+1/p-1. The van der Waals surface area contributed by atoms with Crippen molar-refractivity contribution in [3.05, 3.63) is 170 Å². The quantitative estimate of drug-likeness (QED) is 0.104. The summed E-state index contributed by atoms with van der Waals surface area (Å²) < 4.78 is 24.3. The summed E-state index contributed by atoms with van der Waals surface area (Å²) in [4.78, 5) is 0. The van der Waals surface area contributed by atoms with E-state index in [1.165, 1.54) is 16.7 Å². The van der Waals surface area contributed by atoms with E-state index in [1.54, 1.807) is 17.1 Å². The molecule has 0 radical (unpaired) electrons. The van der Waals surface area contributed by atoms with Crippen molar-refractivity contribution < 1.29 is 66.6 Å². The van der Waals surface area contributed by atoms with Crippen LogP contribution in [0.3, 0.4) is 0 Å². The molecule has 4 nitrogen and oxygen atoms in total. The first-order valence-corrected chi connectivity index (χ1v) is 37.4. The maximum Gasteiger partial charge on any atom is 1.00 e. The van der Waals surface area contributed by atoms with Gasteiger partial charge >= 0.3 is 63.4 Å². The second-order valence-electron chi connectivity index (χ2n) is 16.1. The molecule has 334 valence electrons. The van der Waals surface area contributed by atoms with Crippen molar-refractivity contribution in [3.8, 4) is 0 Å². The Balaban J connectivity index is -0.000000161. The Morgan fingerprint density at radius 3 is 1.26 bits per heavy atom. The van der Waals surface area contributed by atoms with Crippen LogP contribution in [0.1, 0.15) is 64.2 Å². The summed E-state index contributed by atoms with van der Waals surface area (Å²) in [6.45, 7) is 44.8. The van der Waals surface area contributed by atoms with Gasteiger partial charge < -0.3 is 28.9 Å². The third-order valence-electron chi connectivity index (χ3n) is 7.99. The summed E-state index contributed by atoms with van der Waals surface area (Å²) in [5, 5.41) is 0. The van der Waals surface area contributed by atoms with E-state index in [0.29, 0.717) is 5.92 Å². The summed E-state index contributed by atoms with van der Waals surface area (Å²) in [5.41, 5.74) is 11.4. The Morgan fingerprint density at radius 1 is 0.656 bits per heavy atom. The minimum Gasteiger partial charge on any atom is -1.00 e. The average Bonchev–Trinajstić information content (AvgIpc) is 3.14. The zero-order chi connectivity index (χ0) is 43.1. The van der Waals surface area contributed by atoms with Crippen molar-refractivity contribution in [2.45, 2.75) is 119 Å². The number of benzene rings is 3. The van der Waals surface area contributed by atoms with Crippen molar-refractivity contribution in [1.29, 1.82) is 0 Å². The Kier molecular flexibility index (Phi) is 41.7. The fourth-order valence-electron chi connectivity index (χ4n) is 5.51. The first-order chi connectivity index (χ1) is 26.0. The zero-order valence-electron chi connectivity index (χ0n) is 39.2. The second kappa shape index (κ2) is 35.4.